The Bertz CT molecular complexity index is 380. The van der Waals surface area contributed by atoms with Crippen molar-refractivity contribution in [2.45, 2.75) is 37.9 Å². The average Bonchev–Trinajstić information content (AvgIpc) is 2.16. The van der Waals surface area contributed by atoms with Crippen LogP contribution in [0.5, 0.6) is 0 Å². The van der Waals surface area contributed by atoms with Crippen LogP contribution in [-0.4, -0.2) is 16.3 Å². The van der Waals surface area contributed by atoms with Gasteiger partial charge in [-0.25, -0.2) is 0 Å². The summed E-state index contributed by atoms with van der Waals surface area (Å²) in [4.78, 5) is 10.7. The summed E-state index contributed by atoms with van der Waals surface area (Å²) in [6.45, 7) is 6.42. The van der Waals surface area contributed by atoms with E-state index in [9.17, 15) is 4.79 Å². The average molecular weight is 238 g/mol. The zero-order chi connectivity index (χ0) is 12.3. The van der Waals surface area contributed by atoms with Gasteiger partial charge < -0.3 is 5.11 Å². The number of rotatable bonds is 3. The molecule has 0 heterocycles. The topological polar surface area (TPSA) is 37.3 Å². The predicted molar refractivity (Wildman–Crippen MR) is 69.3 cm³/mol. The predicted octanol–water partition coefficient (Wildman–Crippen LogP) is 2.91. The fourth-order valence-electron chi connectivity index (χ4n) is 1.48. The molecule has 16 heavy (non-hydrogen) atoms. The largest absolute Gasteiger partial charge is 0.480 e. The molecule has 0 aliphatic carbocycles. The SMILES string of the molecule is CC(C)(C)c1cccc(CC(S)C(=O)O)c1. The molecule has 0 spiro atoms. The number of benzene rings is 1. The number of carboxylic acids is 1. The summed E-state index contributed by atoms with van der Waals surface area (Å²) < 4.78 is 0. The van der Waals surface area contributed by atoms with Crippen molar-refractivity contribution in [3.63, 3.8) is 0 Å². The van der Waals surface area contributed by atoms with E-state index in [0.29, 0.717) is 6.42 Å². The summed E-state index contributed by atoms with van der Waals surface area (Å²) in [5.41, 5.74) is 2.33. The number of aliphatic carboxylic acids is 1. The molecule has 1 aromatic rings. The third-order valence-corrected chi connectivity index (χ3v) is 2.91. The lowest BCUT2D eigenvalue weighted by atomic mass is 9.86. The molecule has 0 aliphatic heterocycles. The molecule has 0 aliphatic rings. The second-order valence-electron chi connectivity index (χ2n) is 5.01. The van der Waals surface area contributed by atoms with Crippen LogP contribution >= 0.6 is 12.6 Å². The highest BCUT2D eigenvalue weighted by Crippen LogP contribution is 2.23. The van der Waals surface area contributed by atoms with Gasteiger partial charge in [0.25, 0.3) is 0 Å². The van der Waals surface area contributed by atoms with Crippen molar-refractivity contribution in [1.82, 2.24) is 0 Å². The molecule has 2 nitrogen and oxygen atoms in total. The molecule has 0 saturated heterocycles. The molecular formula is C13H18O2S. The fourth-order valence-corrected chi connectivity index (χ4v) is 1.69. The highest BCUT2D eigenvalue weighted by Gasteiger charge is 2.16. The Morgan fingerprint density at radius 1 is 1.44 bits per heavy atom. The Kier molecular flexibility index (Phi) is 4.03. The van der Waals surface area contributed by atoms with E-state index >= 15 is 0 Å². The first-order valence-corrected chi connectivity index (χ1v) is 5.82. The lowest BCUT2D eigenvalue weighted by Crippen LogP contribution is -2.17. The van der Waals surface area contributed by atoms with E-state index in [0.717, 1.165) is 5.56 Å². The maximum Gasteiger partial charge on any atom is 0.316 e. The van der Waals surface area contributed by atoms with Gasteiger partial charge in [0.15, 0.2) is 0 Å². The number of hydrogen-bond acceptors (Lipinski definition) is 2. The van der Waals surface area contributed by atoms with Crippen molar-refractivity contribution >= 4 is 18.6 Å². The smallest absolute Gasteiger partial charge is 0.316 e. The van der Waals surface area contributed by atoms with E-state index in [2.05, 4.69) is 45.5 Å². The maximum atomic E-state index is 10.7. The van der Waals surface area contributed by atoms with Crippen molar-refractivity contribution in [2.75, 3.05) is 0 Å². The van der Waals surface area contributed by atoms with E-state index in [1.54, 1.807) is 0 Å². The highest BCUT2D eigenvalue weighted by atomic mass is 32.1. The summed E-state index contributed by atoms with van der Waals surface area (Å²) >= 11 is 4.04. The maximum absolute atomic E-state index is 10.7. The molecule has 88 valence electrons. The van der Waals surface area contributed by atoms with Crippen LogP contribution in [0.2, 0.25) is 0 Å². The highest BCUT2D eigenvalue weighted by molar-refractivity contribution is 7.81. The second kappa shape index (κ2) is 4.91. The zero-order valence-corrected chi connectivity index (χ0v) is 10.8. The van der Waals surface area contributed by atoms with Gasteiger partial charge in [0.2, 0.25) is 0 Å². The molecule has 1 aromatic carbocycles. The first kappa shape index (κ1) is 13.1. The van der Waals surface area contributed by atoms with Crippen LogP contribution in [0.1, 0.15) is 31.9 Å². The van der Waals surface area contributed by atoms with Gasteiger partial charge in [0, 0.05) is 0 Å². The van der Waals surface area contributed by atoms with Gasteiger partial charge in [-0.3, -0.25) is 4.79 Å². The van der Waals surface area contributed by atoms with Crippen molar-refractivity contribution < 1.29 is 9.90 Å². The van der Waals surface area contributed by atoms with E-state index in [1.165, 1.54) is 5.56 Å². The lowest BCUT2D eigenvalue weighted by molar-refractivity contribution is -0.136. The molecule has 3 heteroatoms. The van der Waals surface area contributed by atoms with E-state index in [-0.39, 0.29) is 5.41 Å². The van der Waals surface area contributed by atoms with Crippen LogP contribution < -0.4 is 0 Å². The third-order valence-electron chi connectivity index (χ3n) is 2.51. The molecule has 1 rings (SSSR count). The van der Waals surface area contributed by atoms with Crippen LogP contribution in [-0.2, 0) is 16.6 Å². The van der Waals surface area contributed by atoms with Crippen molar-refractivity contribution in [2.24, 2.45) is 0 Å². The van der Waals surface area contributed by atoms with Gasteiger partial charge >= 0.3 is 5.97 Å². The van der Waals surface area contributed by atoms with Gasteiger partial charge in [-0.1, -0.05) is 45.0 Å². The van der Waals surface area contributed by atoms with Gasteiger partial charge in [-0.2, -0.15) is 12.6 Å². The van der Waals surface area contributed by atoms with E-state index in [4.69, 9.17) is 5.11 Å². The van der Waals surface area contributed by atoms with Crippen LogP contribution in [0.4, 0.5) is 0 Å². The van der Waals surface area contributed by atoms with Gasteiger partial charge in [-0.15, -0.1) is 0 Å². The second-order valence-corrected chi connectivity index (χ2v) is 5.63. The molecule has 1 unspecified atom stereocenters. The van der Waals surface area contributed by atoms with Crippen LogP contribution in [0.3, 0.4) is 0 Å². The molecule has 0 amide bonds. The first-order valence-electron chi connectivity index (χ1n) is 5.31. The lowest BCUT2D eigenvalue weighted by Gasteiger charge is -2.20. The Balaban J connectivity index is 2.87. The Morgan fingerprint density at radius 3 is 2.56 bits per heavy atom. The standard InChI is InChI=1S/C13H18O2S/c1-13(2,3)10-6-4-5-9(7-10)8-11(16)12(14)15/h4-7,11,16H,8H2,1-3H3,(H,14,15). The molecule has 0 aromatic heterocycles. The van der Waals surface area contributed by atoms with Crippen molar-refractivity contribution in [3.8, 4) is 0 Å². The molecule has 0 fully saturated rings. The third kappa shape index (κ3) is 3.56. The zero-order valence-electron chi connectivity index (χ0n) is 9.90. The number of hydrogen-bond donors (Lipinski definition) is 2. The molecular weight excluding hydrogens is 220 g/mol. The van der Waals surface area contributed by atoms with Gasteiger partial charge in [0.05, 0.1) is 0 Å². The molecule has 1 N–H and O–H groups in total. The minimum Gasteiger partial charge on any atom is -0.480 e. The summed E-state index contributed by atoms with van der Waals surface area (Å²) in [7, 11) is 0. The molecule has 0 bridgehead atoms. The van der Waals surface area contributed by atoms with Crippen LogP contribution in [0.15, 0.2) is 24.3 Å². The minimum atomic E-state index is -0.871. The number of thiol groups is 1. The fraction of sp³-hybridized carbons (Fsp3) is 0.462. The van der Waals surface area contributed by atoms with Crippen LogP contribution in [0, 0.1) is 0 Å². The van der Waals surface area contributed by atoms with Crippen molar-refractivity contribution in [1.29, 1.82) is 0 Å². The Hall–Kier alpha value is -0.960. The summed E-state index contributed by atoms with van der Waals surface area (Å²) in [5.74, 6) is -0.871. The normalized spacial score (nSPS) is 13.5. The first-order chi connectivity index (χ1) is 7.30. The van der Waals surface area contributed by atoms with Crippen molar-refractivity contribution in [3.05, 3.63) is 35.4 Å². The van der Waals surface area contributed by atoms with Crippen LogP contribution in [0.25, 0.3) is 0 Å². The summed E-state index contributed by atoms with van der Waals surface area (Å²) in [6, 6.07) is 8.05. The monoisotopic (exact) mass is 238 g/mol. The number of carbonyl (C=O) groups is 1. The quantitative estimate of drug-likeness (QED) is 0.794. The van der Waals surface area contributed by atoms with E-state index in [1.807, 2.05) is 12.1 Å². The Labute approximate surface area is 102 Å². The van der Waals surface area contributed by atoms with Gasteiger partial charge in [0.1, 0.15) is 5.25 Å². The molecule has 0 saturated carbocycles. The summed E-state index contributed by atoms with van der Waals surface area (Å²) in [6.07, 6.45) is 0.461. The summed E-state index contributed by atoms with van der Waals surface area (Å²) in [5, 5.41) is 8.17. The minimum absolute atomic E-state index is 0.0886. The van der Waals surface area contributed by atoms with Gasteiger partial charge in [-0.05, 0) is 23.0 Å². The van der Waals surface area contributed by atoms with E-state index < -0.39 is 11.2 Å². The Morgan fingerprint density at radius 2 is 2.06 bits per heavy atom. The number of carboxylic acid groups (broad SMARTS) is 1. The molecule has 1 atom stereocenters. The molecule has 0 radical (unpaired) electrons.